The van der Waals surface area contributed by atoms with Gasteiger partial charge in [0.1, 0.15) is 11.6 Å². The number of benzene rings is 1. The molecule has 1 aromatic carbocycles. The van der Waals surface area contributed by atoms with Crippen LogP contribution in [0.1, 0.15) is 5.56 Å². The number of hydrogen-bond donors (Lipinski definition) is 1. The van der Waals surface area contributed by atoms with Crippen molar-refractivity contribution in [3.05, 3.63) is 28.9 Å². The highest BCUT2D eigenvalue weighted by Gasteiger charge is 2.09. The minimum absolute atomic E-state index is 0.144. The lowest BCUT2D eigenvalue weighted by molar-refractivity contribution is 0.274. The SMILES string of the molecule is COc1cc2scc(F)c2cc1CO. The van der Waals surface area contributed by atoms with Crippen LogP contribution in [-0.2, 0) is 6.61 Å². The number of rotatable bonds is 2. The molecule has 1 heterocycles. The molecule has 14 heavy (non-hydrogen) atoms. The van der Waals surface area contributed by atoms with Gasteiger partial charge in [-0.25, -0.2) is 4.39 Å². The second-order valence-electron chi connectivity index (χ2n) is 2.90. The van der Waals surface area contributed by atoms with Crippen molar-refractivity contribution in [1.29, 1.82) is 0 Å². The molecular formula is C10H9FO2S. The van der Waals surface area contributed by atoms with Crippen LogP contribution in [0.2, 0.25) is 0 Å². The zero-order valence-electron chi connectivity index (χ0n) is 7.58. The van der Waals surface area contributed by atoms with Crippen molar-refractivity contribution < 1.29 is 14.2 Å². The zero-order valence-corrected chi connectivity index (χ0v) is 8.40. The van der Waals surface area contributed by atoms with Crippen molar-refractivity contribution in [2.45, 2.75) is 6.61 Å². The average molecular weight is 212 g/mol. The largest absolute Gasteiger partial charge is 0.496 e. The Labute approximate surface area is 84.6 Å². The number of halogens is 1. The van der Waals surface area contributed by atoms with Crippen molar-refractivity contribution in [3.8, 4) is 5.75 Å². The summed E-state index contributed by atoms with van der Waals surface area (Å²) in [4.78, 5) is 0. The van der Waals surface area contributed by atoms with Gasteiger partial charge < -0.3 is 9.84 Å². The predicted octanol–water partition coefficient (Wildman–Crippen LogP) is 2.54. The number of thiophene rings is 1. The van der Waals surface area contributed by atoms with Gasteiger partial charge in [0.2, 0.25) is 0 Å². The summed E-state index contributed by atoms with van der Waals surface area (Å²) in [7, 11) is 1.53. The highest BCUT2D eigenvalue weighted by molar-refractivity contribution is 7.17. The molecule has 0 amide bonds. The van der Waals surface area contributed by atoms with Crippen LogP contribution in [-0.4, -0.2) is 12.2 Å². The number of aliphatic hydroxyl groups is 1. The average Bonchev–Trinajstić information content (AvgIpc) is 2.58. The normalized spacial score (nSPS) is 10.8. The second kappa shape index (κ2) is 3.55. The lowest BCUT2D eigenvalue weighted by Gasteiger charge is -2.05. The van der Waals surface area contributed by atoms with E-state index in [0.29, 0.717) is 16.7 Å². The molecule has 0 spiro atoms. The van der Waals surface area contributed by atoms with Gasteiger partial charge in [0.15, 0.2) is 0 Å². The van der Waals surface area contributed by atoms with Gasteiger partial charge in [0.25, 0.3) is 0 Å². The number of hydrogen-bond acceptors (Lipinski definition) is 3. The molecule has 74 valence electrons. The summed E-state index contributed by atoms with van der Waals surface area (Å²) in [6.07, 6.45) is 0. The Morgan fingerprint density at radius 2 is 2.29 bits per heavy atom. The third-order valence-electron chi connectivity index (χ3n) is 2.10. The second-order valence-corrected chi connectivity index (χ2v) is 3.81. The first-order valence-corrected chi connectivity index (χ1v) is 4.98. The maximum Gasteiger partial charge on any atom is 0.141 e. The van der Waals surface area contributed by atoms with E-state index in [0.717, 1.165) is 4.70 Å². The van der Waals surface area contributed by atoms with E-state index in [1.54, 1.807) is 12.1 Å². The summed E-state index contributed by atoms with van der Waals surface area (Å²) < 4.78 is 19.1. The van der Waals surface area contributed by atoms with Crippen LogP contribution in [0, 0.1) is 5.82 Å². The fraction of sp³-hybridized carbons (Fsp3) is 0.200. The van der Waals surface area contributed by atoms with E-state index in [1.165, 1.54) is 23.8 Å². The minimum atomic E-state index is -0.248. The monoisotopic (exact) mass is 212 g/mol. The lowest BCUT2D eigenvalue weighted by atomic mass is 10.1. The zero-order chi connectivity index (χ0) is 10.1. The molecule has 4 heteroatoms. The first-order chi connectivity index (χ1) is 6.76. The fourth-order valence-corrected chi connectivity index (χ4v) is 2.20. The molecule has 0 radical (unpaired) electrons. The van der Waals surface area contributed by atoms with E-state index in [-0.39, 0.29) is 12.4 Å². The lowest BCUT2D eigenvalue weighted by Crippen LogP contribution is -1.91. The predicted molar refractivity (Wildman–Crippen MR) is 54.3 cm³/mol. The van der Waals surface area contributed by atoms with E-state index in [2.05, 4.69) is 0 Å². The quantitative estimate of drug-likeness (QED) is 0.829. The highest BCUT2D eigenvalue weighted by atomic mass is 32.1. The summed E-state index contributed by atoms with van der Waals surface area (Å²) in [6.45, 7) is -0.144. The summed E-state index contributed by atoms with van der Waals surface area (Å²) in [6, 6.07) is 3.37. The molecule has 0 saturated heterocycles. The van der Waals surface area contributed by atoms with Gasteiger partial charge in [0.05, 0.1) is 13.7 Å². The summed E-state index contributed by atoms with van der Waals surface area (Å²) in [5, 5.41) is 11.0. The number of fused-ring (bicyclic) bond motifs is 1. The van der Waals surface area contributed by atoms with Gasteiger partial charge in [-0.3, -0.25) is 0 Å². The molecule has 0 atom stereocenters. The van der Waals surface area contributed by atoms with Crippen molar-refractivity contribution in [1.82, 2.24) is 0 Å². The van der Waals surface area contributed by atoms with Crippen LogP contribution in [0.3, 0.4) is 0 Å². The molecule has 0 aliphatic carbocycles. The summed E-state index contributed by atoms with van der Waals surface area (Å²) in [5.74, 6) is 0.351. The Kier molecular flexibility index (Phi) is 2.39. The molecule has 2 aromatic rings. The Balaban J connectivity index is 2.71. The van der Waals surface area contributed by atoms with Crippen LogP contribution in [0.15, 0.2) is 17.5 Å². The highest BCUT2D eigenvalue weighted by Crippen LogP contribution is 2.31. The smallest absolute Gasteiger partial charge is 0.141 e. The van der Waals surface area contributed by atoms with E-state index in [1.807, 2.05) is 0 Å². The first-order valence-electron chi connectivity index (χ1n) is 4.10. The van der Waals surface area contributed by atoms with Crippen molar-refractivity contribution in [2.24, 2.45) is 0 Å². The molecule has 2 nitrogen and oxygen atoms in total. The third-order valence-corrected chi connectivity index (χ3v) is 3.02. The van der Waals surface area contributed by atoms with E-state index in [9.17, 15) is 4.39 Å². The third kappa shape index (κ3) is 1.36. The molecule has 0 aliphatic rings. The van der Waals surface area contributed by atoms with Crippen molar-refractivity contribution >= 4 is 21.4 Å². The van der Waals surface area contributed by atoms with E-state index >= 15 is 0 Å². The summed E-state index contributed by atoms with van der Waals surface area (Å²) in [5.41, 5.74) is 0.609. The molecule has 1 aromatic heterocycles. The number of aliphatic hydroxyl groups excluding tert-OH is 1. The van der Waals surface area contributed by atoms with Gasteiger partial charge in [-0.05, 0) is 12.1 Å². The van der Waals surface area contributed by atoms with Gasteiger partial charge >= 0.3 is 0 Å². The van der Waals surface area contributed by atoms with Crippen LogP contribution in [0.25, 0.3) is 10.1 Å². The Hall–Kier alpha value is -1.13. The Bertz CT molecular complexity index is 464. The van der Waals surface area contributed by atoms with Crippen LogP contribution >= 0.6 is 11.3 Å². The molecule has 1 N–H and O–H groups in total. The molecule has 0 bridgehead atoms. The van der Waals surface area contributed by atoms with Gasteiger partial charge in [-0.2, -0.15) is 0 Å². The van der Waals surface area contributed by atoms with Crippen molar-refractivity contribution in [3.63, 3.8) is 0 Å². The Morgan fingerprint density at radius 3 is 2.93 bits per heavy atom. The minimum Gasteiger partial charge on any atom is -0.496 e. The van der Waals surface area contributed by atoms with Crippen molar-refractivity contribution in [2.75, 3.05) is 7.11 Å². The van der Waals surface area contributed by atoms with E-state index in [4.69, 9.17) is 9.84 Å². The molecule has 2 rings (SSSR count). The van der Waals surface area contributed by atoms with Crippen LogP contribution in [0.5, 0.6) is 5.75 Å². The standard InChI is InChI=1S/C10H9FO2S/c1-13-9-3-10-7(2-6(9)4-12)8(11)5-14-10/h2-3,5,12H,4H2,1H3. The summed E-state index contributed by atoms with van der Waals surface area (Å²) >= 11 is 1.33. The number of methoxy groups -OCH3 is 1. The van der Waals surface area contributed by atoms with Crippen LogP contribution in [0.4, 0.5) is 4.39 Å². The van der Waals surface area contributed by atoms with Crippen LogP contribution < -0.4 is 4.74 Å². The Morgan fingerprint density at radius 1 is 1.50 bits per heavy atom. The van der Waals surface area contributed by atoms with E-state index < -0.39 is 0 Å². The van der Waals surface area contributed by atoms with Gasteiger partial charge in [0, 0.05) is 21.0 Å². The topological polar surface area (TPSA) is 29.5 Å². The fourth-order valence-electron chi connectivity index (χ4n) is 1.38. The molecular weight excluding hydrogens is 203 g/mol. The van der Waals surface area contributed by atoms with Gasteiger partial charge in [-0.15, -0.1) is 11.3 Å². The molecule has 0 saturated carbocycles. The number of ether oxygens (including phenoxy) is 1. The maximum absolute atomic E-state index is 13.2. The molecule has 0 unspecified atom stereocenters. The first kappa shape index (κ1) is 9.43. The van der Waals surface area contributed by atoms with Gasteiger partial charge in [-0.1, -0.05) is 0 Å². The maximum atomic E-state index is 13.2. The molecule has 0 fully saturated rings. The molecule has 0 aliphatic heterocycles.